The van der Waals surface area contributed by atoms with Crippen molar-refractivity contribution in [1.82, 2.24) is 0 Å². The van der Waals surface area contributed by atoms with Crippen molar-refractivity contribution in [2.24, 2.45) is 0 Å². The Kier molecular flexibility index (Phi) is 5.39. The monoisotopic (exact) mass is 769 g/mol. The van der Waals surface area contributed by atoms with Gasteiger partial charge < -0.3 is 0 Å². The first-order valence-corrected chi connectivity index (χ1v) is 21.4. The molecule has 44 heavy (non-hydrogen) atoms. The van der Waals surface area contributed by atoms with Crippen LogP contribution < -0.4 is 30.9 Å². The average Bonchev–Trinajstić information content (AvgIpc) is 3.35. The third-order valence-corrected chi connectivity index (χ3v) is 24.4. The second-order valence-electron chi connectivity index (χ2n) is 11.7. The molecule has 0 aromatic heterocycles. The van der Waals surface area contributed by atoms with E-state index in [9.17, 15) is 0 Å². The summed E-state index contributed by atoms with van der Waals surface area (Å²) in [7, 11) is 0. The van der Waals surface area contributed by atoms with Gasteiger partial charge in [0.25, 0.3) is 0 Å². The molecule has 1 spiro atoms. The minimum atomic E-state index is -5.81. The SMILES string of the molecule is Cc1ccc(N2c3ccc(C)c4[c]3[Sb]35([O]c6c(Cl)c(Cl)c(Cl)c(Cl)c6[O]3)[c]3c(cc(C)cc3Oc3c(C)ccc2[c]35)O4)cc1. The van der Waals surface area contributed by atoms with Crippen molar-refractivity contribution in [3.63, 3.8) is 0 Å². The molecule has 4 aliphatic rings. The molecule has 5 nitrogen and oxygen atoms in total. The molecule has 0 amide bonds. The van der Waals surface area contributed by atoms with E-state index in [-0.39, 0.29) is 31.6 Å². The maximum absolute atomic E-state index is 7.54. The number of anilines is 3. The Balaban J connectivity index is 1.54. The van der Waals surface area contributed by atoms with Gasteiger partial charge in [-0.3, -0.25) is 0 Å². The summed E-state index contributed by atoms with van der Waals surface area (Å²) in [5.74, 6) is 3.15. The van der Waals surface area contributed by atoms with E-state index in [0.717, 1.165) is 49.8 Å². The summed E-state index contributed by atoms with van der Waals surface area (Å²) in [6, 6.07) is 20.8. The molecule has 0 bridgehead atoms. The molecule has 10 heteroatoms. The van der Waals surface area contributed by atoms with Crippen molar-refractivity contribution in [1.29, 1.82) is 0 Å². The van der Waals surface area contributed by atoms with E-state index in [4.69, 9.17) is 61.9 Å². The summed E-state index contributed by atoms with van der Waals surface area (Å²) in [5.41, 5.74) is 6.74. The summed E-state index contributed by atoms with van der Waals surface area (Å²) in [6.45, 7) is 8.15. The molecule has 0 N–H and O–H groups in total. The van der Waals surface area contributed by atoms with Gasteiger partial charge in [0, 0.05) is 0 Å². The van der Waals surface area contributed by atoms with E-state index >= 15 is 0 Å². The summed E-state index contributed by atoms with van der Waals surface area (Å²) in [5, 5.41) is 0.505. The van der Waals surface area contributed by atoms with Crippen molar-refractivity contribution in [3.8, 4) is 34.5 Å². The quantitative estimate of drug-likeness (QED) is 0.0947. The third kappa shape index (κ3) is 3.02. The van der Waals surface area contributed by atoms with Crippen LogP contribution in [0.25, 0.3) is 0 Å². The van der Waals surface area contributed by atoms with Gasteiger partial charge in [0.2, 0.25) is 0 Å². The Morgan fingerprint density at radius 3 is 1.48 bits per heavy atom. The summed E-state index contributed by atoms with van der Waals surface area (Å²) < 4.78 is 31.2. The molecule has 9 rings (SSSR count). The van der Waals surface area contributed by atoms with Gasteiger partial charge in [0.1, 0.15) is 0 Å². The topological polar surface area (TPSA) is 40.2 Å². The number of ether oxygens (including phenoxy) is 2. The van der Waals surface area contributed by atoms with Crippen LogP contribution in [0.5, 0.6) is 34.5 Å². The van der Waals surface area contributed by atoms with E-state index in [1.807, 2.05) is 32.9 Å². The fourth-order valence-electron chi connectivity index (χ4n) is 7.05. The Bertz CT molecular complexity index is 2070. The number of hydrogen-bond donors (Lipinski definition) is 0. The van der Waals surface area contributed by atoms with Crippen LogP contribution in [0, 0.1) is 27.7 Å². The van der Waals surface area contributed by atoms with Gasteiger partial charge in [-0.2, -0.15) is 0 Å². The molecule has 0 fully saturated rings. The first-order chi connectivity index (χ1) is 21.0. The molecular formula is C34H22Cl4NO4Sb. The maximum atomic E-state index is 7.54. The number of halogens is 4. The van der Waals surface area contributed by atoms with Gasteiger partial charge in [-0.05, 0) is 0 Å². The van der Waals surface area contributed by atoms with Crippen molar-refractivity contribution in [2.75, 3.05) is 4.90 Å². The van der Waals surface area contributed by atoms with Crippen LogP contribution in [-0.2, 0) is 0 Å². The van der Waals surface area contributed by atoms with E-state index in [0.29, 0.717) is 23.0 Å². The molecule has 0 aliphatic carbocycles. The van der Waals surface area contributed by atoms with Crippen LogP contribution in [0.1, 0.15) is 22.3 Å². The zero-order chi connectivity index (χ0) is 30.5. The van der Waals surface area contributed by atoms with E-state index < -0.39 is 18.2 Å². The molecule has 4 heterocycles. The Labute approximate surface area is 275 Å². The molecule has 0 saturated carbocycles. The first kappa shape index (κ1) is 27.4. The Morgan fingerprint density at radius 2 is 1.00 bits per heavy atom. The standard InChI is InChI=1S/C28H22NO2.C6H2Cl4O2.Sb/c1-18-5-9-22(10-6-18)29-23-11-7-20(3)27(15-23)30-25-13-19(2)14-26(17-25)31-28-16-24(29)12-8-21(28)4;7-1-2(8)4(10)6(12)5(11)3(1)9;/h5-14H,1-4H3;11-12H;/q;;+2/p-2. The van der Waals surface area contributed by atoms with Crippen LogP contribution in [0.2, 0.25) is 20.1 Å². The summed E-state index contributed by atoms with van der Waals surface area (Å²) in [4.78, 5) is 2.23. The molecule has 0 unspecified atom stereocenters. The number of nitrogens with zero attached hydrogens (tertiary/aromatic N) is 1. The van der Waals surface area contributed by atoms with Gasteiger partial charge >= 0.3 is 278 Å². The molecule has 0 radical (unpaired) electrons. The van der Waals surface area contributed by atoms with Gasteiger partial charge in [-0.25, -0.2) is 0 Å². The van der Waals surface area contributed by atoms with E-state index in [1.165, 1.54) is 0 Å². The number of benzene rings is 5. The van der Waals surface area contributed by atoms with Crippen molar-refractivity contribution in [2.45, 2.75) is 27.7 Å². The van der Waals surface area contributed by atoms with Crippen LogP contribution in [0.3, 0.4) is 0 Å². The Hall–Kier alpha value is -2.92. The van der Waals surface area contributed by atoms with Crippen LogP contribution >= 0.6 is 46.4 Å². The molecule has 5 aromatic carbocycles. The molecule has 5 aromatic rings. The number of fused-ring (bicyclic) bond motifs is 1. The predicted octanol–water partition coefficient (Wildman–Crippen LogP) is 9.42. The fraction of sp³-hybridized carbons (Fsp3) is 0.118. The van der Waals surface area contributed by atoms with Crippen molar-refractivity contribution >= 4 is 92.2 Å². The van der Waals surface area contributed by atoms with Gasteiger partial charge in [-0.1, -0.05) is 0 Å². The number of aryl methyl sites for hydroxylation is 4. The van der Waals surface area contributed by atoms with Crippen molar-refractivity contribution < 1.29 is 15.5 Å². The molecule has 0 atom stereocenters. The third-order valence-electron chi connectivity index (χ3n) is 8.93. The number of rotatable bonds is 1. The van der Waals surface area contributed by atoms with Crippen LogP contribution in [0.15, 0.2) is 60.7 Å². The number of hydrogen-bond acceptors (Lipinski definition) is 5. The van der Waals surface area contributed by atoms with Gasteiger partial charge in [0.15, 0.2) is 0 Å². The summed E-state index contributed by atoms with van der Waals surface area (Å²) in [6.07, 6.45) is 0. The van der Waals surface area contributed by atoms with Crippen LogP contribution in [0.4, 0.5) is 17.1 Å². The second-order valence-corrected chi connectivity index (χ2v) is 23.5. The minimum absolute atomic E-state index is 0.107. The normalized spacial score (nSPS) is 17.4. The van der Waals surface area contributed by atoms with Gasteiger partial charge in [0.05, 0.1) is 0 Å². The van der Waals surface area contributed by atoms with Crippen LogP contribution in [-0.4, -0.2) is 18.2 Å². The summed E-state index contributed by atoms with van der Waals surface area (Å²) >= 11 is 21.3. The second kappa shape index (κ2) is 8.66. The first-order valence-electron chi connectivity index (χ1n) is 14.0. The predicted molar refractivity (Wildman–Crippen MR) is 179 cm³/mol. The Morgan fingerprint density at radius 1 is 0.523 bits per heavy atom. The zero-order valence-electron chi connectivity index (χ0n) is 23.8. The average molecular weight is 772 g/mol. The zero-order valence-corrected chi connectivity index (χ0v) is 29.4. The van der Waals surface area contributed by atoms with Crippen molar-refractivity contribution in [3.05, 3.63) is 103 Å². The molecule has 0 saturated heterocycles. The molecule has 220 valence electrons. The van der Waals surface area contributed by atoms with Gasteiger partial charge in [-0.15, -0.1) is 0 Å². The van der Waals surface area contributed by atoms with E-state index in [2.05, 4.69) is 60.4 Å². The van der Waals surface area contributed by atoms with E-state index in [1.54, 1.807) is 0 Å². The fourth-order valence-corrected chi connectivity index (χ4v) is 24.5. The molecule has 4 aliphatic heterocycles. The molecular weight excluding hydrogens is 750 g/mol.